The molecule has 17 heavy (non-hydrogen) atoms. The number of halogens is 1. The first-order valence-corrected chi connectivity index (χ1v) is 6.16. The van der Waals surface area contributed by atoms with Gasteiger partial charge in [0.15, 0.2) is 0 Å². The number of rotatable bonds is 6. The van der Waals surface area contributed by atoms with Gasteiger partial charge in [-0.15, -0.1) is 0 Å². The van der Waals surface area contributed by atoms with Gasteiger partial charge in [0.1, 0.15) is 5.82 Å². The Morgan fingerprint density at radius 2 is 2.29 bits per heavy atom. The smallest absolute Gasteiger partial charge is 0.120 e. The highest BCUT2D eigenvalue weighted by Gasteiger charge is 1.96. The Balaban J connectivity index is 1.63. The molecular formula is C13H16ClN3. The molecule has 1 heterocycles. The van der Waals surface area contributed by atoms with Crippen molar-refractivity contribution in [3.63, 3.8) is 0 Å². The predicted molar refractivity (Wildman–Crippen MR) is 70.1 cm³/mol. The largest absolute Gasteiger partial charge is 0.348 e. The molecular weight excluding hydrogens is 234 g/mol. The molecule has 3 nitrogen and oxygen atoms in total. The number of hydrogen-bond acceptors (Lipinski definition) is 2. The third kappa shape index (κ3) is 4.21. The third-order valence-corrected chi connectivity index (χ3v) is 2.79. The molecule has 0 saturated heterocycles. The van der Waals surface area contributed by atoms with E-state index in [2.05, 4.69) is 21.4 Å². The Morgan fingerprint density at radius 1 is 1.35 bits per heavy atom. The van der Waals surface area contributed by atoms with Crippen molar-refractivity contribution in [1.82, 2.24) is 15.3 Å². The lowest BCUT2D eigenvalue weighted by Gasteiger charge is -2.03. The monoisotopic (exact) mass is 249 g/mol. The number of aromatic amines is 1. The Morgan fingerprint density at radius 3 is 3.06 bits per heavy atom. The highest BCUT2D eigenvalue weighted by atomic mass is 35.5. The van der Waals surface area contributed by atoms with Crippen LogP contribution in [-0.4, -0.2) is 16.5 Å². The molecule has 0 fully saturated rings. The summed E-state index contributed by atoms with van der Waals surface area (Å²) in [7, 11) is 0. The minimum absolute atomic E-state index is 0.794. The summed E-state index contributed by atoms with van der Waals surface area (Å²) in [6.07, 6.45) is 5.75. The molecule has 2 aromatic rings. The van der Waals surface area contributed by atoms with Crippen LogP contribution in [0.15, 0.2) is 36.7 Å². The molecule has 4 heteroatoms. The average molecular weight is 250 g/mol. The molecule has 0 saturated carbocycles. The summed E-state index contributed by atoms with van der Waals surface area (Å²) in [4.78, 5) is 7.21. The zero-order chi connectivity index (χ0) is 11.9. The summed E-state index contributed by atoms with van der Waals surface area (Å²) in [6, 6.07) is 8.03. The molecule has 2 N–H and O–H groups in total. The second-order valence-corrected chi connectivity index (χ2v) is 4.38. The summed E-state index contributed by atoms with van der Waals surface area (Å²) in [6.45, 7) is 1.77. The SMILES string of the molecule is Clc1cccc(CCCNCc2ncc[nH]2)c1. The number of benzene rings is 1. The summed E-state index contributed by atoms with van der Waals surface area (Å²) >= 11 is 5.92. The summed E-state index contributed by atoms with van der Waals surface area (Å²) in [5.41, 5.74) is 1.29. The molecule has 2 rings (SSSR count). The second-order valence-electron chi connectivity index (χ2n) is 3.95. The van der Waals surface area contributed by atoms with Gasteiger partial charge in [0.05, 0.1) is 6.54 Å². The molecule has 1 aromatic heterocycles. The zero-order valence-corrected chi connectivity index (χ0v) is 10.4. The highest BCUT2D eigenvalue weighted by Crippen LogP contribution is 2.11. The van der Waals surface area contributed by atoms with Crippen molar-refractivity contribution in [3.05, 3.63) is 53.1 Å². The second kappa shape index (κ2) is 6.42. The minimum Gasteiger partial charge on any atom is -0.348 e. The molecule has 0 amide bonds. The minimum atomic E-state index is 0.794. The van der Waals surface area contributed by atoms with Gasteiger partial charge >= 0.3 is 0 Å². The van der Waals surface area contributed by atoms with Crippen molar-refractivity contribution >= 4 is 11.6 Å². The molecule has 90 valence electrons. The van der Waals surface area contributed by atoms with Crippen LogP contribution >= 0.6 is 11.6 Å². The van der Waals surface area contributed by atoms with Gasteiger partial charge in [0, 0.05) is 17.4 Å². The Kier molecular flexibility index (Phi) is 4.59. The molecule has 0 aliphatic rings. The highest BCUT2D eigenvalue weighted by molar-refractivity contribution is 6.30. The number of hydrogen-bond donors (Lipinski definition) is 2. The van der Waals surface area contributed by atoms with E-state index < -0.39 is 0 Å². The number of imidazole rings is 1. The van der Waals surface area contributed by atoms with Crippen LogP contribution < -0.4 is 5.32 Å². The van der Waals surface area contributed by atoms with Gasteiger partial charge < -0.3 is 10.3 Å². The molecule has 0 spiro atoms. The van der Waals surface area contributed by atoms with Crippen molar-refractivity contribution in [3.8, 4) is 0 Å². The normalized spacial score (nSPS) is 10.6. The Hall–Kier alpha value is -1.32. The van der Waals surface area contributed by atoms with Gasteiger partial charge in [-0.25, -0.2) is 4.98 Å². The van der Waals surface area contributed by atoms with Crippen molar-refractivity contribution in [2.75, 3.05) is 6.54 Å². The van der Waals surface area contributed by atoms with Crippen LogP contribution in [0.3, 0.4) is 0 Å². The Bertz CT molecular complexity index is 440. The van der Waals surface area contributed by atoms with E-state index in [9.17, 15) is 0 Å². The van der Waals surface area contributed by atoms with Crippen molar-refractivity contribution in [2.24, 2.45) is 0 Å². The average Bonchev–Trinajstić information content (AvgIpc) is 2.82. The van der Waals surface area contributed by atoms with Gasteiger partial charge in [0.25, 0.3) is 0 Å². The van der Waals surface area contributed by atoms with E-state index in [1.807, 2.05) is 24.4 Å². The van der Waals surface area contributed by atoms with Crippen LogP contribution in [0.4, 0.5) is 0 Å². The van der Waals surface area contributed by atoms with E-state index in [0.717, 1.165) is 36.8 Å². The standard InChI is InChI=1S/C13H16ClN3/c14-12-5-1-3-11(9-12)4-2-6-15-10-13-16-7-8-17-13/h1,3,5,7-9,15H,2,4,6,10H2,(H,16,17). The van der Waals surface area contributed by atoms with Crippen molar-refractivity contribution in [1.29, 1.82) is 0 Å². The van der Waals surface area contributed by atoms with Crippen LogP contribution in [0, 0.1) is 0 Å². The van der Waals surface area contributed by atoms with Gasteiger partial charge in [-0.1, -0.05) is 23.7 Å². The lowest BCUT2D eigenvalue weighted by Crippen LogP contribution is -2.16. The van der Waals surface area contributed by atoms with Crippen LogP contribution in [0.25, 0.3) is 0 Å². The van der Waals surface area contributed by atoms with Gasteiger partial charge in [-0.3, -0.25) is 0 Å². The molecule has 0 atom stereocenters. The first-order valence-electron chi connectivity index (χ1n) is 5.78. The van der Waals surface area contributed by atoms with Crippen LogP contribution in [0.2, 0.25) is 5.02 Å². The topological polar surface area (TPSA) is 40.7 Å². The number of nitrogens with one attached hydrogen (secondary N) is 2. The van der Waals surface area contributed by atoms with E-state index in [1.54, 1.807) is 6.20 Å². The fourth-order valence-corrected chi connectivity index (χ4v) is 1.92. The summed E-state index contributed by atoms with van der Waals surface area (Å²) in [5, 5.41) is 4.16. The van der Waals surface area contributed by atoms with Crippen molar-refractivity contribution in [2.45, 2.75) is 19.4 Å². The fourth-order valence-electron chi connectivity index (χ4n) is 1.71. The lowest BCUT2D eigenvalue weighted by atomic mass is 10.1. The molecule has 0 bridgehead atoms. The van der Waals surface area contributed by atoms with E-state index in [0.29, 0.717) is 0 Å². The molecule has 1 aromatic carbocycles. The maximum Gasteiger partial charge on any atom is 0.120 e. The predicted octanol–water partition coefficient (Wildman–Crippen LogP) is 2.79. The van der Waals surface area contributed by atoms with E-state index in [1.165, 1.54) is 5.56 Å². The van der Waals surface area contributed by atoms with Crippen molar-refractivity contribution < 1.29 is 0 Å². The van der Waals surface area contributed by atoms with E-state index in [4.69, 9.17) is 11.6 Å². The van der Waals surface area contributed by atoms with Gasteiger partial charge in [-0.05, 0) is 37.1 Å². The first kappa shape index (κ1) is 12.1. The molecule has 0 aliphatic heterocycles. The maximum atomic E-state index is 5.92. The van der Waals surface area contributed by atoms with Crippen LogP contribution in [0.5, 0.6) is 0 Å². The first-order chi connectivity index (χ1) is 8.34. The fraction of sp³-hybridized carbons (Fsp3) is 0.308. The number of aryl methyl sites for hydroxylation is 1. The van der Waals surface area contributed by atoms with Gasteiger partial charge in [0.2, 0.25) is 0 Å². The molecule has 0 radical (unpaired) electrons. The van der Waals surface area contributed by atoms with E-state index in [-0.39, 0.29) is 0 Å². The summed E-state index contributed by atoms with van der Waals surface area (Å²) < 4.78 is 0. The quantitative estimate of drug-likeness (QED) is 0.773. The lowest BCUT2D eigenvalue weighted by molar-refractivity contribution is 0.633. The number of aromatic nitrogens is 2. The number of H-pyrrole nitrogens is 1. The van der Waals surface area contributed by atoms with Gasteiger partial charge in [-0.2, -0.15) is 0 Å². The summed E-state index contributed by atoms with van der Waals surface area (Å²) in [5.74, 6) is 0.979. The van der Waals surface area contributed by atoms with Crippen LogP contribution in [0.1, 0.15) is 17.8 Å². The van der Waals surface area contributed by atoms with E-state index >= 15 is 0 Å². The molecule has 0 unspecified atom stereocenters. The molecule has 0 aliphatic carbocycles. The number of nitrogens with zero attached hydrogens (tertiary/aromatic N) is 1. The Labute approximate surface area is 106 Å². The third-order valence-electron chi connectivity index (χ3n) is 2.56. The zero-order valence-electron chi connectivity index (χ0n) is 9.62. The maximum absolute atomic E-state index is 5.92. The van der Waals surface area contributed by atoms with Crippen LogP contribution in [-0.2, 0) is 13.0 Å².